The fourth-order valence-corrected chi connectivity index (χ4v) is 3.25. The van der Waals surface area contributed by atoms with Crippen LogP contribution in [0.1, 0.15) is 109 Å². The molecule has 1 rings (SSSR count). The van der Waals surface area contributed by atoms with Crippen molar-refractivity contribution in [1.29, 1.82) is 0 Å². The fourth-order valence-electron chi connectivity index (χ4n) is 3.25. The van der Waals surface area contributed by atoms with Gasteiger partial charge in [0, 0.05) is 18.7 Å². The summed E-state index contributed by atoms with van der Waals surface area (Å²) in [6.45, 7) is 3.42. The van der Waals surface area contributed by atoms with Gasteiger partial charge in [0.2, 0.25) is 0 Å². The minimum Gasteiger partial charge on any atom is -0.467 e. The van der Waals surface area contributed by atoms with E-state index in [-0.39, 0.29) is 5.43 Å². The molecule has 1 aromatic rings. The van der Waals surface area contributed by atoms with E-state index in [9.17, 15) is 4.79 Å². The van der Waals surface area contributed by atoms with Gasteiger partial charge in [-0.05, 0) is 6.42 Å². The number of rotatable bonds is 18. The summed E-state index contributed by atoms with van der Waals surface area (Å²) in [6.07, 6.45) is 22.0. The average molecular weight is 365 g/mol. The van der Waals surface area contributed by atoms with E-state index in [1.165, 1.54) is 108 Å². The Morgan fingerprint density at radius 1 is 0.769 bits per heavy atom. The molecule has 26 heavy (non-hydrogen) atoms. The molecular formula is C23H40O3. The van der Waals surface area contributed by atoms with Gasteiger partial charge >= 0.3 is 0 Å². The molecule has 1 aromatic heterocycles. The van der Waals surface area contributed by atoms with Gasteiger partial charge in [-0.3, -0.25) is 4.79 Å². The van der Waals surface area contributed by atoms with Crippen molar-refractivity contribution in [3.8, 4) is 0 Å². The van der Waals surface area contributed by atoms with E-state index in [1.807, 2.05) is 0 Å². The SMILES string of the molecule is CCCCCCCCCCCCCCCCCOCc1cc(=O)cco1. The van der Waals surface area contributed by atoms with Crippen LogP contribution in [-0.4, -0.2) is 6.61 Å². The quantitative estimate of drug-likeness (QED) is 0.262. The average Bonchev–Trinajstić information content (AvgIpc) is 2.64. The van der Waals surface area contributed by atoms with Crippen LogP contribution in [0.4, 0.5) is 0 Å². The smallest absolute Gasteiger partial charge is 0.185 e. The van der Waals surface area contributed by atoms with E-state index in [0.717, 1.165) is 13.0 Å². The molecule has 0 fully saturated rings. The highest BCUT2D eigenvalue weighted by molar-refractivity contribution is 4.98. The number of unbranched alkanes of at least 4 members (excludes halogenated alkanes) is 14. The van der Waals surface area contributed by atoms with Gasteiger partial charge in [0.1, 0.15) is 12.4 Å². The van der Waals surface area contributed by atoms with Crippen LogP contribution in [0.15, 0.2) is 27.6 Å². The molecule has 0 saturated carbocycles. The lowest BCUT2D eigenvalue weighted by Crippen LogP contribution is -2.01. The van der Waals surface area contributed by atoms with Crippen molar-refractivity contribution in [2.45, 2.75) is 110 Å². The zero-order valence-corrected chi connectivity index (χ0v) is 17.0. The van der Waals surface area contributed by atoms with Gasteiger partial charge in [0.15, 0.2) is 5.43 Å². The second kappa shape index (κ2) is 17.3. The van der Waals surface area contributed by atoms with Crippen LogP contribution < -0.4 is 5.43 Å². The molecule has 0 aliphatic rings. The summed E-state index contributed by atoms with van der Waals surface area (Å²) in [7, 11) is 0. The van der Waals surface area contributed by atoms with Crippen molar-refractivity contribution in [2.75, 3.05) is 6.61 Å². The Balaban J connectivity index is 1.74. The molecule has 0 saturated heterocycles. The van der Waals surface area contributed by atoms with E-state index in [4.69, 9.17) is 9.15 Å². The third-order valence-corrected chi connectivity index (χ3v) is 4.89. The second-order valence-electron chi connectivity index (χ2n) is 7.44. The summed E-state index contributed by atoms with van der Waals surface area (Å²) >= 11 is 0. The van der Waals surface area contributed by atoms with Gasteiger partial charge in [0.25, 0.3) is 0 Å². The first-order chi connectivity index (χ1) is 12.8. The van der Waals surface area contributed by atoms with Crippen molar-refractivity contribution < 1.29 is 9.15 Å². The van der Waals surface area contributed by atoms with Crippen molar-refractivity contribution >= 4 is 0 Å². The Hall–Kier alpha value is -1.09. The predicted molar refractivity (Wildman–Crippen MR) is 110 cm³/mol. The Bertz CT molecular complexity index is 467. The summed E-state index contributed by atoms with van der Waals surface area (Å²) in [5.41, 5.74) is -0.0261. The van der Waals surface area contributed by atoms with E-state index in [0.29, 0.717) is 12.4 Å². The Morgan fingerprint density at radius 2 is 1.27 bits per heavy atom. The molecule has 0 N–H and O–H groups in total. The molecule has 0 aliphatic carbocycles. The van der Waals surface area contributed by atoms with Crippen LogP contribution in [-0.2, 0) is 11.3 Å². The zero-order chi connectivity index (χ0) is 18.7. The van der Waals surface area contributed by atoms with Crippen molar-refractivity contribution in [3.63, 3.8) is 0 Å². The highest BCUT2D eigenvalue weighted by atomic mass is 16.5. The van der Waals surface area contributed by atoms with Crippen LogP contribution in [0.25, 0.3) is 0 Å². The molecule has 0 amide bonds. The first-order valence-electron chi connectivity index (χ1n) is 11.0. The molecule has 150 valence electrons. The Labute approximate surface area is 160 Å². The summed E-state index contributed by atoms with van der Waals surface area (Å²) in [5.74, 6) is 0.610. The molecule has 0 aromatic carbocycles. The van der Waals surface area contributed by atoms with Crippen LogP contribution >= 0.6 is 0 Å². The minimum atomic E-state index is -0.0261. The molecule has 0 unspecified atom stereocenters. The fraction of sp³-hybridized carbons (Fsp3) is 0.783. The van der Waals surface area contributed by atoms with Gasteiger partial charge in [-0.15, -0.1) is 0 Å². The van der Waals surface area contributed by atoms with Crippen LogP contribution in [0.5, 0.6) is 0 Å². The Kier molecular flexibility index (Phi) is 15.3. The molecular weight excluding hydrogens is 324 g/mol. The second-order valence-corrected chi connectivity index (χ2v) is 7.44. The number of hydrogen-bond donors (Lipinski definition) is 0. The molecule has 0 atom stereocenters. The zero-order valence-electron chi connectivity index (χ0n) is 17.0. The lowest BCUT2D eigenvalue weighted by Gasteiger charge is -2.04. The highest BCUT2D eigenvalue weighted by Gasteiger charge is 1.97. The maximum Gasteiger partial charge on any atom is 0.185 e. The maximum atomic E-state index is 11.2. The molecule has 1 heterocycles. The standard InChI is InChI=1S/C23H40O3/c1-2-3-4-5-6-7-8-9-10-11-12-13-14-15-16-18-25-21-23-20-22(24)17-19-26-23/h17,19-20H,2-16,18,21H2,1H3. The normalized spacial score (nSPS) is 11.1. The largest absolute Gasteiger partial charge is 0.467 e. The summed E-state index contributed by atoms with van der Waals surface area (Å²) < 4.78 is 10.8. The van der Waals surface area contributed by atoms with Gasteiger partial charge in [-0.25, -0.2) is 0 Å². The Morgan fingerprint density at radius 3 is 1.77 bits per heavy atom. The maximum absolute atomic E-state index is 11.2. The van der Waals surface area contributed by atoms with Crippen molar-refractivity contribution in [3.05, 3.63) is 34.4 Å². The van der Waals surface area contributed by atoms with Gasteiger partial charge in [0.05, 0.1) is 6.26 Å². The van der Waals surface area contributed by atoms with E-state index >= 15 is 0 Å². The molecule has 0 radical (unpaired) electrons. The first kappa shape index (κ1) is 23.0. The van der Waals surface area contributed by atoms with E-state index < -0.39 is 0 Å². The number of ether oxygens (including phenoxy) is 1. The molecule has 3 nitrogen and oxygen atoms in total. The third-order valence-electron chi connectivity index (χ3n) is 4.89. The van der Waals surface area contributed by atoms with Gasteiger partial charge < -0.3 is 9.15 Å². The van der Waals surface area contributed by atoms with Gasteiger partial charge in [-0.1, -0.05) is 96.8 Å². The van der Waals surface area contributed by atoms with Crippen molar-refractivity contribution in [1.82, 2.24) is 0 Å². The van der Waals surface area contributed by atoms with Crippen LogP contribution in [0.2, 0.25) is 0 Å². The molecule has 0 spiro atoms. The summed E-state index contributed by atoms with van der Waals surface area (Å²) in [4.78, 5) is 11.2. The van der Waals surface area contributed by atoms with Crippen molar-refractivity contribution in [2.24, 2.45) is 0 Å². The van der Waals surface area contributed by atoms with Crippen LogP contribution in [0, 0.1) is 0 Å². The lowest BCUT2D eigenvalue weighted by molar-refractivity contribution is 0.101. The molecule has 3 heteroatoms. The third kappa shape index (κ3) is 14.1. The predicted octanol–water partition coefficient (Wildman–Crippen LogP) is 7.03. The van der Waals surface area contributed by atoms with Gasteiger partial charge in [-0.2, -0.15) is 0 Å². The first-order valence-corrected chi connectivity index (χ1v) is 11.0. The molecule has 0 aliphatic heterocycles. The summed E-state index contributed by atoms with van der Waals surface area (Å²) in [5, 5.41) is 0. The van der Waals surface area contributed by atoms with E-state index in [1.54, 1.807) is 0 Å². The van der Waals surface area contributed by atoms with Crippen LogP contribution in [0.3, 0.4) is 0 Å². The summed E-state index contributed by atoms with van der Waals surface area (Å²) in [6, 6.07) is 2.91. The molecule has 0 bridgehead atoms. The highest BCUT2D eigenvalue weighted by Crippen LogP contribution is 2.13. The monoisotopic (exact) mass is 364 g/mol. The lowest BCUT2D eigenvalue weighted by atomic mass is 10.0. The topological polar surface area (TPSA) is 39.4 Å². The minimum absolute atomic E-state index is 0.0261. The van der Waals surface area contributed by atoms with E-state index in [2.05, 4.69) is 6.92 Å². The number of hydrogen-bond acceptors (Lipinski definition) is 3.